The lowest BCUT2D eigenvalue weighted by Crippen LogP contribution is -2.19. The highest BCUT2D eigenvalue weighted by Crippen LogP contribution is 2.50. The summed E-state index contributed by atoms with van der Waals surface area (Å²) in [5.41, 5.74) is 4.51. The van der Waals surface area contributed by atoms with Crippen LogP contribution in [0.5, 0.6) is 5.75 Å². The molecule has 0 amide bonds. The van der Waals surface area contributed by atoms with Crippen LogP contribution in [0.1, 0.15) is 53.5 Å². The van der Waals surface area contributed by atoms with Gasteiger partial charge in [0.1, 0.15) is 5.75 Å². The van der Waals surface area contributed by atoms with E-state index in [0.717, 1.165) is 24.0 Å². The monoisotopic (exact) mass is 310 g/mol. The predicted molar refractivity (Wildman–Crippen MR) is 93.9 cm³/mol. The van der Waals surface area contributed by atoms with E-state index in [1.165, 1.54) is 17.5 Å². The SMILES string of the molecule is COC(c1ccccc1)[C@H]1CCC[C@@H]1c1c(C)ccc(C)c1O. The average molecular weight is 310 g/mol. The van der Waals surface area contributed by atoms with Gasteiger partial charge in [-0.3, -0.25) is 0 Å². The van der Waals surface area contributed by atoms with Crippen molar-refractivity contribution in [1.82, 2.24) is 0 Å². The van der Waals surface area contributed by atoms with E-state index in [1.807, 2.05) is 19.1 Å². The van der Waals surface area contributed by atoms with Crippen molar-refractivity contribution in [3.8, 4) is 5.75 Å². The van der Waals surface area contributed by atoms with E-state index in [1.54, 1.807) is 7.11 Å². The molecule has 1 N–H and O–H groups in total. The minimum atomic E-state index is 0.0861. The fourth-order valence-electron chi connectivity index (χ4n) is 4.20. The van der Waals surface area contributed by atoms with Crippen molar-refractivity contribution in [1.29, 1.82) is 0 Å². The van der Waals surface area contributed by atoms with Gasteiger partial charge >= 0.3 is 0 Å². The van der Waals surface area contributed by atoms with Gasteiger partial charge in [-0.2, -0.15) is 0 Å². The van der Waals surface area contributed by atoms with Crippen LogP contribution in [0.4, 0.5) is 0 Å². The summed E-state index contributed by atoms with van der Waals surface area (Å²) in [6.07, 6.45) is 3.54. The zero-order chi connectivity index (χ0) is 16.4. The van der Waals surface area contributed by atoms with E-state index in [-0.39, 0.29) is 6.10 Å². The first-order valence-electron chi connectivity index (χ1n) is 8.50. The predicted octanol–water partition coefficient (Wildman–Crippen LogP) is 5.28. The largest absolute Gasteiger partial charge is 0.507 e. The van der Waals surface area contributed by atoms with Gasteiger partial charge in [-0.05, 0) is 55.2 Å². The number of rotatable bonds is 4. The van der Waals surface area contributed by atoms with Crippen LogP contribution in [-0.2, 0) is 4.74 Å². The number of ether oxygens (including phenoxy) is 1. The summed E-state index contributed by atoms with van der Waals surface area (Å²) in [7, 11) is 1.80. The van der Waals surface area contributed by atoms with Gasteiger partial charge < -0.3 is 9.84 Å². The lowest BCUT2D eigenvalue weighted by atomic mass is 9.80. The molecular formula is C21H26O2. The summed E-state index contributed by atoms with van der Waals surface area (Å²) in [4.78, 5) is 0. The van der Waals surface area contributed by atoms with Gasteiger partial charge in [0.25, 0.3) is 0 Å². The van der Waals surface area contributed by atoms with Crippen LogP contribution in [0.15, 0.2) is 42.5 Å². The molecule has 1 fully saturated rings. The van der Waals surface area contributed by atoms with Crippen molar-refractivity contribution < 1.29 is 9.84 Å². The van der Waals surface area contributed by atoms with Crippen molar-refractivity contribution in [3.63, 3.8) is 0 Å². The standard InChI is InChI=1S/C21H26O2/c1-14-12-13-15(2)20(22)19(14)17-10-7-11-18(17)21(23-3)16-8-5-4-6-9-16/h4-6,8-9,12-13,17-18,21-22H,7,10-11H2,1-3H3/t17-,18-,21?/m0/s1. The number of benzene rings is 2. The third-order valence-corrected chi connectivity index (χ3v) is 5.35. The molecule has 0 saturated heterocycles. The highest BCUT2D eigenvalue weighted by atomic mass is 16.5. The molecule has 1 unspecified atom stereocenters. The highest BCUT2D eigenvalue weighted by molar-refractivity contribution is 5.47. The molecule has 122 valence electrons. The van der Waals surface area contributed by atoms with Gasteiger partial charge in [-0.15, -0.1) is 0 Å². The van der Waals surface area contributed by atoms with Crippen LogP contribution in [0.25, 0.3) is 0 Å². The van der Waals surface area contributed by atoms with Crippen LogP contribution in [-0.4, -0.2) is 12.2 Å². The van der Waals surface area contributed by atoms with Crippen molar-refractivity contribution in [2.45, 2.75) is 45.1 Å². The molecule has 0 aliphatic heterocycles. The van der Waals surface area contributed by atoms with E-state index in [0.29, 0.717) is 17.6 Å². The molecule has 3 rings (SSSR count). The Kier molecular flexibility index (Phi) is 4.72. The molecule has 2 aromatic rings. The summed E-state index contributed by atoms with van der Waals surface area (Å²) in [5.74, 6) is 1.25. The quantitative estimate of drug-likeness (QED) is 0.832. The molecule has 2 aromatic carbocycles. The van der Waals surface area contributed by atoms with Crippen LogP contribution in [0.3, 0.4) is 0 Å². The van der Waals surface area contributed by atoms with Crippen molar-refractivity contribution in [2.75, 3.05) is 7.11 Å². The molecule has 1 aliphatic carbocycles. The minimum absolute atomic E-state index is 0.0861. The second-order valence-electron chi connectivity index (χ2n) is 6.73. The van der Waals surface area contributed by atoms with E-state index in [4.69, 9.17) is 4.74 Å². The Balaban J connectivity index is 1.99. The Morgan fingerprint density at radius 1 is 1.00 bits per heavy atom. The summed E-state index contributed by atoms with van der Waals surface area (Å²) in [5, 5.41) is 10.6. The maximum Gasteiger partial charge on any atom is 0.122 e. The maximum atomic E-state index is 10.6. The second kappa shape index (κ2) is 6.76. The topological polar surface area (TPSA) is 29.5 Å². The first kappa shape index (κ1) is 16.1. The molecule has 0 radical (unpaired) electrons. The molecule has 2 nitrogen and oxygen atoms in total. The van der Waals surface area contributed by atoms with Crippen molar-refractivity contribution >= 4 is 0 Å². The smallest absolute Gasteiger partial charge is 0.122 e. The van der Waals surface area contributed by atoms with Crippen LogP contribution >= 0.6 is 0 Å². The van der Waals surface area contributed by atoms with E-state index >= 15 is 0 Å². The van der Waals surface area contributed by atoms with E-state index < -0.39 is 0 Å². The second-order valence-corrected chi connectivity index (χ2v) is 6.73. The summed E-state index contributed by atoms with van der Waals surface area (Å²) < 4.78 is 5.90. The summed E-state index contributed by atoms with van der Waals surface area (Å²) in [6, 6.07) is 14.6. The fraction of sp³-hybridized carbons (Fsp3) is 0.429. The lowest BCUT2D eigenvalue weighted by Gasteiger charge is -2.30. The molecule has 3 atom stereocenters. The Morgan fingerprint density at radius 3 is 2.39 bits per heavy atom. The molecule has 0 spiro atoms. The third-order valence-electron chi connectivity index (χ3n) is 5.35. The molecule has 0 heterocycles. The van der Waals surface area contributed by atoms with E-state index in [9.17, 15) is 5.11 Å². The van der Waals surface area contributed by atoms with Crippen LogP contribution in [0.2, 0.25) is 0 Å². The fourth-order valence-corrected chi connectivity index (χ4v) is 4.20. The van der Waals surface area contributed by atoms with Crippen molar-refractivity contribution in [2.24, 2.45) is 5.92 Å². The normalized spacial score (nSPS) is 22.2. The molecule has 2 heteroatoms. The Morgan fingerprint density at radius 2 is 1.70 bits per heavy atom. The molecule has 1 saturated carbocycles. The van der Waals surface area contributed by atoms with Gasteiger partial charge in [-0.1, -0.05) is 48.9 Å². The lowest BCUT2D eigenvalue weighted by molar-refractivity contribution is 0.0464. The Hall–Kier alpha value is -1.80. The minimum Gasteiger partial charge on any atom is -0.507 e. The Bertz CT molecular complexity index is 663. The average Bonchev–Trinajstić information content (AvgIpc) is 3.02. The first-order chi connectivity index (χ1) is 11.1. The Labute approximate surface area is 139 Å². The van der Waals surface area contributed by atoms with Gasteiger partial charge in [0.15, 0.2) is 0 Å². The molecule has 23 heavy (non-hydrogen) atoms. The molecule has 1 aliphatic rings. The molecular weight excluding hydrogens is 284 g/mol. The van der Waals surface area contributed by atoms with Gasteiger partial charge in [0, 0.05) is 12.7 Å². The number of hydrogen-bond donors (Lipinski definition) is 1. The number of aromatic hydroxyl groups is 1. The van der Waals surface area contributed by atoms with Crippen LogP contribution in [0, 0.1) is 19.8 Å². The number of phenols is 1. The molecule has 0 bridgehead atoms. The molecule has 0 aromatic heterocycles. The number of hydrogen-bond acceptors (Lipinski definition) is 2. The first-order valence-corrected chi connectivity index (χ1v) is 8.50. The van der Waals surface area contributed by atoms with Gasteiger partial charge in [-0.25, -0.2) is 0 Å². The zero-order valence-electron chi connectivity index (χ0n) is 14.3. The zero-order valence-corrected chi connectivity index (χ0v) is 14.3. The summed E-state index contributed by atoms with van der Waals surface area (Å²) >= 11 is 0. The van der Waals surface area contributed by atoms with E-state index in [2.05, 4.69) is 37.3 Å². The highest BCUT2D eigenvalue weighted by Gasteiger charge is 2.37. The summed E-state index contributed by atoms with van der Waals surface area (Å²) in [6.45, 7) is 4.08. The maximum absolute atomic E-state index is 10.6. The van der Waals surface area contributed by atoms with Gasteiger partial charge in [0.05, 0.1) is 6.10 Å². The van der Waals surface area contributed by atoms with Gasteiger partial charge in [0.2, 0.25) is 0 Å². The number of aryl methyl sites for hydroxylation is 2. The third kappa shape index (κ3) is 3.00. The number of phenolic OH excluding ortho intramolecular Hbond substituents is 1. The number of methoxy groups -OCH3 is 1. The van der Waals surface area contributed by atoms with Crippen molar-refractivity contribution in [3.05, 3.63) is 64.7 Å². The van der Waals surface area contributed by atoms with Crippen LogP contribution < -0.4 is 0 Å².